The molecular formula is C16H25BrN2O2S. The fraction of sp³-hybridized carbons (Fsp3) is 0.688. The fourth-order valence-corrected chi connectivity index (χ4v) is 3.86. The molecular weight excluding hydrogens is 364 g/mol. The van der Waals surface area contributed by atoms with Crippen LogP contribution < -0.4 is 5.32 Å². The summed E-state index contributed by atoms with van der Waals surface area (Å²) < 4.78 is 6.60. The molecule has 0 unspecified atom stereocenters. The van der Waals surface area contributed by atoms with Gasteiger partial charge >= 0.3 is 6.09 Å². The van der Waals surface area contributed by atoms with Gasteiger partial charge in [-0.25, -0.2) is 4.79 Å². The zero-order valence-electron chi connectivity index (χ0n) is 13.7. The van der Waals surface area contributed by atoms with Gasteiger partial charge in [0.25, 0.3) is 0 Å². The summed E-state index contributed by atoms with van der Waals surface area (Å²) in [6, 6.07) is 4.22. The quantitative estimate of drug-likeness (QED) is 0.834. The van der Waals surface area contributed by atoms with E-state index in [4.69, 9.17) is 4.74 Å². The van der Waals surface area contributed by atoms with Gasteiger partial charge in [0.1, 0.15) is 5.60 Å². The SMILES string of the molecule is CC1(NCc2ccc(Br)s2)CCN(C(=O)OC(C)(C)C)CC1. The zero-order valence-corrected chi connectivity index (χ0v) is 16.1. The number of amides is 1. The van der Waals surface area contributed by atoms with Gasteiger partial charge in [-0.2, -0.15) is 0 Å². The van der Waals surface area contributed by atoms with E-state index in [1.54, 1.807) is 11.3 Å². The summed E-state index contributed by atoms with van der Waals surface area (Å²) in [6.07, 6.45) is 1.69. The van der Waals surface area contributed by atoms with Crippen LogP contribution in [0, 0.1) is 0 Å². The summed E-state index contributed by atoms with van der Waals surface area (Å²) in [5, 5.41) is 3.65. The number of piperidine rings is 1. The first-order valence-corrected chi connectivity index (χ1v) is 9.25. The van der Waals surface area contributed by atoms with E-state index in [0.29, 0.717) is 0 Å². The Morgan fingerprint density at radius 1 is 1.41 bits per heavy atom. The van der Waals surface area contributed by atoms with Gasteiger partial charge in [-0.3, -0.25) is 0 Å². The topological polar surface area (TPSA) is 41.6 Å². The van der Waals surface area contributed by atoms with Crippen LogP contribution in [0.3, 0.4) is 0 Å². The molecule has 2 rings (SSSR count). The molecule has 1 aliphatic rings. The van der Waals surface area contributed by atoms with Crippen LogP contribution in [0.4, 0.5) is 4.79 Å². The van der Waals surface area contributed by atoms with Crippen molar-refractivity contribution in [1.82, 2.24) is 10.2 Å². The second-order valence-electron chi connectivity index (χ2n) is 7.09. The van der Waals surface area contributed by atoms with Crippen molar-refractivity contribution in [2.24, 2.45) is 0 Å². The predicted octanol–water partition coefficient (Wildman–Crippen LogP) is 4.39. The van der Waals surface area contributed by atoms with Gasteiger partial charge in [-0.1, -0.05) is 0 Å². The van der Waals surface area contributed by atoms with E-state index in [-0.39, 0.29) is 11.6 Å². The van der Waals surface area contributed by atoms with Crippen molar-refractivity contribution in [1.29, 1.82) is 0 Å². The highest BCUT2D eigenvalue weighted by Gasteiger charge is 2.33. The highest BCUT2D eigenvalue weighted by molar-refractivity contribution is 9.11. The van der Waals surface area contributed by atoms with E-state index < -0.39 is 5.60 Å². The fourth-order valence-electron chi connectivity index (χ4n) is 2.43. The molecule has 1 saturated heterocycles. The maximum Gasteiger partial charge on any atom is 0.410 e. The van der Waals surface area contributed by atoms with E-state index >= 15 is 0 Å². The highest BCUT2D eigenvalue weighted by Crippen LogP contribution is 2.26. The molecule has 22 heavy (non-hydrogen) atoms. The number of nitrogens with one attached hydrogen (secondary N) is 1. The zero-order chi connectivity index (χ0) is 16.4. The average molecular weight is 389 g/mol. The van der Waals surface area contributed by atoms with Crippen LogP contribution in [0.25, 0.3) is 0 Å². The second-order valence-corrected chi connectivity index (χ2v) is 9.63. The van der Waals surface area contributed by atoms with Crippen LogP contribution in [-0.4, -0.2) is 35.2 Å². The van der Waals surface area contributed by atoms with Gasteiger partial charge in [0.2, 0.25) is 0 Å². The molecule has 1 aromatic heterocycles. The summed E-state index contributed by atoms with van der Waals surface area (Å²) in [7, 11) is 0. The molecule has 1 N–H and O–H groups in total. The van der Waals surface area contributed by atoms with E-state index in [2.05, 4.69) is 40.3 Å². The molecule has 0 radical (unpaired) electrons. The third kappa shape index (κ3) is 5.25. The van der Waals surface area contributed by atoms with E-state index in [1.165, 1.54) is 4.88 Å². The maximum atomic E-state index is 12.1. The van der Waals surface area contributed by atoms with Gasteiger partial charge in [-0.05, 0) is 68.6 Å². The van der Waals surface area contributed by atoms with Crippen molar-refractivity contribution >= 4 is 33.4 Å². The molecule has 0 aliphatic carbocycles. The smallest absolute Gasteiger partial charge is 0.410 e. The van der Waals surface area contributed by atoms with Crippen LogP contribution in [0.2, 0.25) is 0 Å². The predicted molar refractivity (Wildman–Crippen MR) is 94.3 cm³/mol. The number of carbonyl (C=O) groups excluding carboxylic acids is 1. The summed E-state index contributed by atoms with van der Waals surface area (Å²) in [4.78, 5) is 15.2. The van der Waals surface area contributed by atoms with Crippen LogP contribution in [-0.2, 0) is 11.3 Å². The summed E-state index contributed by atoms with van der Waals surface area (Å²) in [5.41, 5.74) is -0.350. The van der Waals surface area contributed by atoms with Crippen molar-refractivity contribution in [3.05, 3.63) is 20.8 Å². The molecule has 1 amide bonds. The molecule has 4 nitrogen and oxygen atoms in total. The van der Waals surface area contributed by atoms with Gasteiger partial charge in [0.05, 0.1) is 3.79 Å². The lowest BCUT2D eigenvalue weighted by Gasteiger charge is -2.40. The third-order valence-corrected chi connectivity index (χ3v) is 5.46. The van der Waals surface area contributed by atoms with Crippen LogP contribution in [0.5, 0.6) is 0 Å². The van der Waals surface area contributed by atoms with Gasteiger partial charge in [-0.15, -0.1) is 11.3 Å². The Hall–Kier alpha value is -0.590. The molecule has 124 valence electrons. The number of rotatable bonds is 3. The average Bonchev–Trinajstić information content (AvgIpc) is 2.81. The first-order chi connectivity index (χ1) is 10.2. The minimum absolute atomic E-state index is 0.0784. The first-order valence-electron chi connectivity index (χ1n) is 7.64. The Labute approximate surface area is 145 Å². The van der Waals surface area contributed by atoms with Gasteiger partial charge in [0.15, 0.2) is 0 Å². The first kappa shape index (κ1) is 17.8. The molecule has 1 aromatic rings. The minimum atomic E-state index is -0.428. The number of likely N-dealkylation sites (tertiary alicyclic amines) is 1. The van der Waals surface area contributed by atoms with E-state index in [0.717, 1.165) is 36.3 Å². The molecule has 0 bridgehead atoms. The lowest BCUT2D eigenvalue weighted by atomic mass is 9.89. The largest absolute Gasteiger partial charge is 0.444 e. The van der Waals surface area contributed by atoms with E-state index in [9.17, 15) is 4.79 Å². The van der Waals surface area contributed by atoms with Crippen LogP contribution in [0.1, 0.15) is 45.4 Å². The monoisotopic (exact) mass is 388 g/mol. The van der Waals surface area contributed by atoms with Crippen molar-refractivity contribution < 1.29 is 9.53 Å². The lowest BCUT2D eigenvalue weighted by Crippen LogP contribution is -2.52. The molecule has 0 aromatic carbocycles. The van der Waals surface area contributed by atoms with Crippen molar-refractivity contribution in [2.45, 2.75) is 58.2 Å². The standard InChI is InChI=1S/C16H25BrN2O2S/c1-15(2,3)21-14(20)19-9-7-16(4,8-10-19)18-11-12-5-6-13(17)22-12/h5-6,18H,7-11H2,1-4H3. The minimum Gasteiger partial charge on any atom is -0.444 e. The summed E-state index contributed by atoms with van der Waals surface area (Å²) >= 11 is 5.25. The third-order valence-electron chi connectivity index (χ3n) is 3.84. The van der Waals surface area contributed by atoms with Crippen LogP contribution in [0.15, 0.2) is 15.9 Å². The summed E-state index contributed by atoms with van der Waals surface area (Å²) in [6.45, 7) is 10.3. The Balaban J connectivity index is 1.81. The second kappa shape index (κ2) is 6.89. The Morgan fingerprint density at radius 2 is 2.05 bits per heavy atom. The molecule has 6 heteroatoms. The molecule has 0 saturated carbocycles. The molecule has 0 atom stereocenters. The number of nitrogens with zero attached hydrogens (tertiary/aromatic N) is 1. The number of halogens is 1. The van der Waals surface area contributed by atoms with Crippen molar-refractivity contribution in [3.63, 3.8) is 0 Å². The molecule has 1 fully saturated rings. The lowest BCUT2D eigenvalue weighted by molar-refractivity contribution is 0.0157. The molecule has 1 aliphatic heterocycles. The van der Waals surface area contributed by atoms with Crippen molar-refractivity contribution in [2.75, 3.05) is 13.1 Å². The number of thiophene rings is 1. The molecule has 2 heterocycles. The van der Waals surface area contributed by atoms with Gasteiger partial charge < -0.3 is 15.0 Å². The number of hydrogen-bond acceptors (Lipinski definition) is 4. The van der Waals surface area contributed by atoms with Gasteiger partial charge in [0, 0.05) is 30.1 Å². The van der Waals surface area contributed by atoms with Crippen molar-refractivity contribution in [3.8, 4) is 0 Å². The Bertz CT molecular complexity index is 516. The normalized spacial score (nSPS) is 18.3. The number of ether oxygens (including phenoxy) is 1. The number of carbonyl (C=O) groups is 1. The maximum absolute atomic E-state index is 12.1. The summed E-state index contributed by atoms with van der Waals surface area (Å²) in [5.74, 6) is 0. The highest BCUT2D eigenvalue weighted by atomic mass is 79.9. The van der Waals surface area contributed by atoms with Crippen LogP contribution >= 0.6 is 27.3 Å². The number of hydrogen-bond donors (Lipinski definition) is 1. The molecule has 0 spiro atoms. The Morgan fingerprint density at radius 3 is 2.55 bits per heavy atom. The Kier molecular flexibility index (Phi) is 5.56. The van der Waals surface area contributed by atoms with E-state index in [1.807, 2.05) is 25.7 Å².